The minimum Gasteiger partial charge on any atom is -0.465 e. The molecule has 2 rings (SSSR count). The topological polar surface area (TPSA) is 61.8 Å². The predicted octanol–water partition coefficient (Wildman–Crippen LogP) is 4.09. The molecule has 0 radical (unpaired) electrons. The lowest BCUT2D eigenvalue weighted by Gasteiger charge is -2.43. The molecular weight excluding hydrogens is 348 g/mol. The van der Waals surface area contributed by atoms with Gasteiger partial charge in [0.15, 0.2) is 8.32 Å². The number of fused-ring (bicyclic) bond motifs is 1. The number of esters is 2. The van der Waals surface area contributed by atoms with Crippen LogP contribution in [-0.2, 0) is 23.5 Å². The van der Waals surface area contributed by atoms with Crippen LogP contribution in [0.5, 0.6) is 0 Å². The fourth-order valence-corrected chi connectivity index (χ4v) is 5.14. The zero-order valence-electron chi connectivity index (χ0n) is 17.5. The maximum atomic E-state index is 12.8. The van der Waals surface area contributed by atoms with E-state index in [0.717, 1.165) is 5.57 Å². The van der Waals surface area contributed by atoms with Gasteiger partial charge >= 0.3 is 11.9 Å². The van der Waals surface area contributed by atoms with Crippen LogP contribution in [0.2, 0.25) is 18.1 Å². The first-order valence-electron chi connectivity index (χ1n) is 9.42. The molecule has 4 atom stereocenters. The van der Waals surface area contributed by atoms with Crippen LogP contribution in [0.15, 0.2) is 12.2 Å². The van der Waals surface area contributed by atoms with Gasteiger partial charge in [-0.05, 0) is 25.1 Å². The van der Waals surface area contributed by atoms with Gasteiger partial charge in [-0.3, -0.25) is 9.59 Å². The zero-order valence-corrected chi connectivity index (χ0v) is 18.5. The summed E-state index contributed by atoms with van der Waals surface area (Å²) in [6.07, 6.45) is -0.0793. The molecule has 6 heteroatoms. The largest absolute Gasteiger partial charge is 0.465 e. The third-order valence-corrected chi connectivity index (χ3v) is 11.5. The second-order valence-electron chi connectivity index (χ2n) is 9.58. The van der Waals surface area contributed by atoms with E-state index in [1.54, 1.807) is 6.92 Å². The normalized spacial score (nSPS) is 34.6. The van der Waals surface area contributed by atoms with Crippen molar-refractivity contribution in [3.63, 3.8) is 0 Å². The second-order valence-corrected chi connectivity index (χ2v) is 14.3. The highest BCUT2D eigenvalue weighted by molar-refractivity contribution is 6.74. The summed E-state index contributed by atoms with van der Waals surface area (Å²) in [7, 11) is -2.16. The lowest BCUT2D eigenvalue weighted by atomic mass is 9.68. The van der Waals surface area contributed by atoms with Crippen molar-refractivity contribution < 1.29 is 23.5 Å². The van der Waals surface area contributed by atoms with E-state index in [-0.39, 0.29) is 29.5 Å². The molecule has 0 bridgehead atoms. The Morgan fingerprint density at radius 1 is 1.35 bits per heavy atom. The van der Waals surface area contributed by atoms with E-state index < -0.39 is 25.3 Å². The first-order valence-corrected chi connectivity index (χ1v) is 12.3. The van der Waals surface area contributed by atoms with E-state index >= 15 is 0 Å². The van der Waals surface area contributed by atoms with Gasteiger partial charge in [0.1, 0.15) is 18.6 Å². The molecular formula is C20H34O5Si. The maximum absolute atomic E-state index is 12.8. The molecule has 0 aromatic carbocycles. The Hall–Kier alpha value is -1.14. The molecule has 1 saturated heterocycles. The van der Waals surface area contributed by atoms with Crippen LogP contribution in [0.3, 0.4) is 0 Å². The van der Waals surface area contributed by atoms with Gasteiger partial charge in [-0.15, -0.1) is 0 Å². The molecule has 26 heavy (non-hydrogen) atoms. The Morgan fingerprint density at radius 3 is 2.42 bits per heavy atom. The van der Waals surface area contributed by atoms with Crippen molar-refractivity contribution in [1.29, 1.82) is 0 Å². The summed E-state index contributed by atoms with van der Waals surface area (Å²) >= 11 is 0. The van der Waals surface area contributed by atoms with Crippen LogP contribution >= 0.6 is 0 Å². The molecule has 1 saturated carbocycles. The van der Waals surface area contributed by atoms with Gasteiger partial charge in [0.2, 0.25) is 0 Å². The highest BCUT2D eigenvalue weighted by atomic mass is 28.4. The van der Waals surface area contributed by atoms with E-state index in [1.807, 2.05) is 13.8 Å². The molecule has 2 aliphatic rings. The number of carbonyl (C=O) groups is 2. The SMILES string of the molecule is C=C1C(COC(=O)CC)[C@@H](O[Si](C)(C)C(C)(C)C)[C@@]2(C)C(=O)OC[C@@]12C. The third-order valence-electron chi connectivity index (χ3n) is 7.09. The Kier molecular flexibility index (Phi) is 5.27. The fourth-order valence-electron chi connectivity index (χ4n) is 3.75. The van der Waals surface area contributed by atoms with Gasteiger partial charge in [0.25, 0.3) is 0 Å². The van der Waals surface area contributed by atoms with Crippen LogP contribution in [0.4, 0.5) is 0 Å². The van der Waals surface area contributed by atoms with E-state index in [4.69, 9.17) is 13.9 Å². The van der Waals surface area contributed by atoms with E-state index in [0.29, 0.717) is 13.0 Å². The number of cyclic esters (lactones) is 1. The molecule has 0 N–H and O–H groups in total. The minimum atomic E-state index is -2.16. The molecule has 0 amide bonds. The first-order chi connectivity index (χ1) is 11.7. The van der Waals surface area contributed by atoms with E-state index in [9.17, 15) is 9.59 Å². The summed E-state index contributed by atoms with van der Waals surface area (Å²) in [6, 6.07) is 0. The number of ether oxygens (including phenoxy) is 2. The highest BCUT2D eigenvalue weighted by Crippen LogP contribution is 2.63. The Bertz CT molecular complexity index is 620. The summed E-state index contributed by atoms with van der Waals surface area (Å²) < 4.78 is 17.7. The fraction of sp³-hybridized carbons (Fsp3) is 0.800. The monoisotopic (exact) mass is 382 g/mol. The lowest BCUT2D eigenvalue weighted by molar-refractivity contribution is -0.152. The molecule has 1 aliphatic heterocycles. The number of hydrogen-bond donors (Lipinski definition) is 0. The van der Waals surface area contributed by atoms with Crippen LogP contribution in [0.25, 0.3) is 0 Å². The molecule has 5 nitrogen and oxygen atoms in total. The van der Waals surface area contributed by atoms with Crippen LogP contribution in [0.1, 0.15) is 48.0 Å². The van der Waals surface area contributed by atoms with Gasteiger partial charge in [0.05, 0.1) is 6.10 Å². The van der Waals surface area contributed by atoms with Crippen molar-refractivity contribution >= 4 is 20.3 Å². The molecule has 0 aromatic heterocycles. The van der Waals surface area contributed by atoms with Crippen molar-refractivity contribution in [1.82, 2.24) is 0 Å². The first kappa shape index (κ1) is 21.2. The van der Waals surface area contributed by atoms with Gasteiger partial charge in [-0.2, -0.15) is 0 Å². The summed E-state index contributed by atoms with van der Waals surface area (Å²) in [5.41, 5.74) is -0.443. The second kappa shape index (κ2) is 6.48. The van der Waals surface area contributed by atoms with E-state index in [2.05, 4.69) is 40.4 Å². The van der Waals surface area contributed by atoms with Crippen molar-refractivity contribution in [3.05, 3.63) is 12.2 Å². The number of rotatable bonds is 5. The molecule has 2 fully saturated rings. The van der Waals surface area contributed by atoms with Crippen LogP contribution in [-0.4, -0.2) is 39.6 Å². The maximum Gasteiger partial charge on any atom is 0.315 e. The number of hydrogen-bond acceptors (Lipinski definition) is 5. The smallest absolute Gasteiger partial charge is 0.315 e. The quantitative estimate of drug-likeness (QED) is 0.407. The van der Waals surface area contributed by atoms with Gasteiger partial charge in [0, 0.05) is 17.8 Å². The third kappa shape index (κ3) is 2.95. The van der Waals surface area contributed by atoms with Crippen molar-refractivity contribution in [2.75, 3.05) is 13.2 Å². The lowest BCUT2D eigenvalue weighted by Crippen LogP contribution is -2.52. The summed E-state index contributed by atoms with van der Waals surface area (Å²) in [6.45, 7) is 21.3. The molecule has 1 heterocycles. The average Bonchev–Trinajstić information content (AvgIpc) is 2.85. The summed E-state index contributed by atoms with van der Waals surface area (Å²) in [5.74, 6) is -0.699. The molecule has 0 spiro atoms. The van der Waals surface area contributed by atoms with Gasteiger partial charge < -0.3 is 13.9 Å². The Morgan fingerprint density at radius 2 is 1.92 bits per heavy atom. The molecule has 1 aliphatic carbocycles. The average molecular weight is 383 g/mol. The van der Waals surface area contributed by atoms with Crippen LogP contribution in [0, 0.1) is 16.7 Å². The molecule has 1 unspecified atom stereocenters. The standard InChI is InChI=1S/C20H34O5Si/c1-10-15(21)23-11-14-13(2)19(6)12-24-17(22)20(19,7)16(14)25-26(8,9)18(3,4)5/h14,16H,2,10-12H2,1,3-9H3/t14?,16-,19+,20+/m1/s1. The van der Waals surface area contributed by atoms with Crippen LogP contribution < -0.4 is 0 Å². The van der Waals surface area contributed by atoms with Gasteiger partial charge in [-0.25, -0.2) is 0 Å². The highest BCUT2D eigenvalue weighted by Gasteiger charge is 2.71. The zero-order chi connectivity index (χ0) is 20.1. The van der Waals surface area contributed by atoms with Crippen molar-refractivity contribution in [3.8, 4) is 0 Å². The summed E-state index contributed by atoms with van der Waals surface area (Å²) in [4.78, 5) is 24.5. The Balaban J connectivity index is 2.44. The molecule has 148 valence electrons. The van der Waals surface area contributed by atoms with Crippen molar-refractivity contribution in [2.45, 2.75) is 72.2 Å². The van der Waals surface area contributed by atoms with Crippen molar-refractivity contribution in [2.24, 2.45) is 16.7 Å². The summed E-state index contributed by atoms with van der Waals surface area (Å²) in [5, 5.41) is -0.00314. The number of carbonyl (C=O) groups excluding carboxylic acids is 2. The molecule has 0 aromatic rings. The minimum absolute atomic E-state index is 0.00314. The van der Waals surface area contributed by atoms with E-state index in [1.165, 1.54) is 0 Å². The van der Waals surface area contributed by atoms with Gasteiger partial charge in [-0.1, -0.05) is 46.8 Å². The predicted molar refractivity (Wildman–Crippen MR) is 103 cm³/mol. The Labute approximate surface area is 158 Å².